The van der Waals surface area contributed by atoms with Crippen molar-refractivity contribution in [3.63, 3.8) is 0 Å². The lowest BCUT2D eigenvalue weighted by atomic mass is 9.93. The van der Waals surface area contributed by atoms with E-state index >= 15 is 0 Å². The largest absolute Gasteiger partial charge is 0.396 e. The molecular formula is C13H25NO. The number of aliphatic hydroxyl groups excluding tert-OH is 1. The smallest absolute Gasteiger partial charge is 0.0445 e. The summed E-state index contributed by atoms with van der Waals surface area (Å²) in [4.78, 5) is 0. The molecule has 0 saturated carbocycles. The third-order valence-corrected chi connectivity index (χ3v) is 3.29. The number of allylic oxidation sites excluding steroid dienone is 2. The average Bonchev–Trinajstić information content (AvgIpc) is 2.25. The number of nitrogens with one attached hydrogen (secondary N) is 1. The number of rotatable bonds is 6. The van der Waals surface area contributed by atoms with Crippen LogP contribution in [-0.2, 0) is 0 Å². The zero-order chi connectivity index (χ0) is 11.1. The van der Waals surface area contributed by atoms with Crippen LogP contribution in [0.2, 0.25) is 0 Å². The molecule has 2 heteroatoms. The van der Waals surface area contributed by atoms with Crippen molar-refractivity contribution in [2.45, 2.75) is 45.6 Å². The highest BCUT2D eigenvalue weighted by atomic mass is 16.3. The van der Waals surface area contributed by atoms with Crippen LogP contribution < -0.4 is 5.32 Å². The van der Waals surface area contributed by atoms with Gasteiger partial charge in [0.1, 0.15) is 0 Å². The average molecular weight is 211 g/mol. The summed E-state index contributed by atoms with van der Waals surface area (Å²) < 4.78 is 0. The van der Waals surface area contributed by atoms with Gasteiger partial charge in [-0.05, 0) is 44.1 Å². The van der Waals surface area contributed by atoms with Crippen molar-refractivity contribution in [2.75, 3.05) is 13.2 Å². The Balaban J connectivity index is 2.23. The molecule has 0 aromatic heterocycles. The van der Waals surface area contributed by atoms with Crippen LogP contribution in [0.25, 0.3) is 0 Å². The summed E-state index contributed by atoms with van der Waals surface area (Å²) in [6.45, 7) is 5.83. The Kier molecular flexibility index (Phi) is 5.96. The van der Waals surface area contributed by atoms with E-state index in [0.717, 1.165) is 18.9 Å². The first-order valence-electron chi connectivity index (χ1n) is 6.23. The maximum absolute atomic E-state index is 8.97. The Bertz CT molecular complexity index is 189. The van der Waals surface area contributed by atoms with Gasteiger partial charge in [-0.1, -0.05) is 26.0 Å². The minimum absolute atomic E-state index is 0.292. The number of hydrogen-bond acceptors (Lipinski definition) is 2. The predicted molar refractivity (Wildman–Crippen MR) is 64.8 cm³/mol. The molecule has 0 fully saturated rings. The highest BCUT2D eigenvalue weighted by Gasteiger charge is 2.15. The van der Waals surface area contributed by atoms with Crippen LogP contribution in [0.4, 0.5) is 0 Å². The molecule has 2 atom stereocenters. The lowest BCUT2D eigenvalue weighted by molar-refractivity contribution is 0.238. The molecule has 1 aliphatic carbocycles. The van der Waals surface area contributed by atoms with Crippen LogP contribution in [0.15, 0.2) is 12.2 Å². The summed E-state index contributed by atoms with van der Waals surface area (Å²) in [5.74, 6) is 1.41. The van der Waals surface area contributed by atoms with Gasteiger partial charge in [0.25, 0.3) is 0 Å². The normalized spacial score (nSPS) is 23.3. The maximum Gasteiger partial charge on any atom is 0.0445 e. The second-order valence-corrected chi connectivity index (χ2v) is 4.92. The second-order valence-electron chi connectivity index (χ2n) is 4.92. The Labute approximate surface area is 93.8 Å². The van der Waals surface area contributed by atoms with Gasteiger partial charge in [-0.25, -0.2) is 0 Å². The molecule has 0 aromatic rings. The van der Waals surface area contributed by atoms with E-state index in [1.165, 1.54) is 19.3 Å². The van der Waals surface area contributed by atoms with Gasteiger partial charge >= 0.3 is 0 Å². The van der Waals surface area contributed by atoms with Crippen LogP contribution in [0, 0.1) is 11.8 Å². The van der Waals surface area contributed by atoms with E-state index in [9.17, 15) is 0 Å². The fourth-order valence-corrected chi connectivity index (χ4v) is 2.17. The third-order valence-electron chi connectivity index (χ3n) is 3.29. The van der Waals surface area contributed by atoms with E-state index < -0.39 is 0 Å². The van der Waals surface area contributed by atoms with E-state index in [1.807, 2.05) is 0 Å². The molecular weight excluding hydrogens is 186 g/mol. The molecule has 1 rings (SSSR count). The van der Waals surface area contributed by atoms with Gasteiger partial charge < -0.3 is 10.4 Å². The second kappa shape index (κ2) is 7.02. The van der Waals surface area contributed by atoms with E-state index in [0.29, 0.717) is 18.6 Å². The highest BCUT2D eigenvalue weighted by molar-refractivity contribution is 4.91. The van der Waals surface area contributed by atoms with Crippen molar-refractivity contribution in [3.8, 4) is 0 Å². The number of aliphatic hydroxyl groups is 1. The molecule has 2 N–H and O–H groups in total. The van der Waals surface area contributed by atoms with Crippen molar-refractivity contribution in [1.82, 2.24) is 5.32 Å². The van der Waals surface area contributed by atoms with Gasteiger partial charge in [0.15, 0.2) is 0 Å². The van der Waals surface area contributed by atoms with Crippen molar-refractivity contribution in [1.29, 1.82) is 0 Å². The minimum atomic E-state index is 0.292. The van der Waals surface area contributed by atoms with Gasteiger partial charge in [-0.2, -0.15) is 0 Å². The van der Waals surface area contributed by atoms with Crippen LogP contribution >= 0.6 is 0 Å². The predicted octanol–water partition coefficient (Wildman–Crippen LogP) is 2.34. The Morgan fingerprint density at radius 2 is 2.20 bits per heavy atom. The monoisotopic (exact) mass is 211 g/mol. The first-order chi connectivity index (χ1) is 7.24. The molecule has 0 spiro atoms. The molecule has 88 valence electrons. The zero-order valence-electron chi connectivity index (χ0n) is 10.1. The molecule has 0 bridgehead atoms. The number of hydrogen-bond donors (Lipinski definition) is 2. The maximum atomic E-state index is 8.97. The van der Waals surface area contributed by atoms with Crippen LogP contribution in [0.1, 0.15) is 39.5 Å². The highest BCUT2D eigenvalue weighted by Crippen LogP contribution is 2.17. The first-order valence-corrected chi connectivity index (χ1v) is 6.23. The summed E-state index contributed by atoms with van der Waals surface area (Å²) in [6.07, 6.45) is 9.22. The van der Waals surface area contributed by atoms with E-state index in [-0.39, 0.29) is 0 Å². The van der Waals surface area contributed by atoms with Crippen molar-refractivity contribution in [3.05, 3.63) is 12.2 Å². The van der Waals surface area contributed by atoms with Crippen molar-refractivity contribution >= 4 is 0 Å². The summed E-state index contributed by atoms with van der Waals surface area (Å²) in [5.41, 5.74) is 0. The summed E-state index contributed by atoms with van der Waals surface area (Å²) in [5, 5.41) is 12.6. The first kappa shape index (κ1) is 12.7. The van der Waals surface area contributed by atoms with Crippen LogP contribution in [-0.4, -0.2) is 24.3 Å². The lowest BCUT2D eigenvalue weighted by Crippen LogP contribution is -2.38. The van der Waals surface area contributed by atoms with E-state index in [1.54, 1.807) is 0 Å². The molecule has 0 heterocycles. The quantitative estimate of drug-likeness (QED) is 0.661. The van der Waals surface area contributed by atoms with Gasteiger partial charge in [-0.3, -0.25) is 0 Å². The Morgan fingerprint density at radius 3 is 2.73 bits per heavy atom. The minimum Gasteiger partial charge on any atom is -0.396 e. The fourth-order valence-electron chi connectivity index (χ4n) is 2.17. The van der Waals surface area contributed by atoms with Gasteiger partial charge in [0, 0.05) is 12.6 Å². The van der Waals surface area contributed by atoms with Crippen LogP contribution in [0.5, 0.6) is 0 Å². The molecule has 2 unspecified atom stereocenters. The molecule has 0 amide bonds. The summed E-state index contributed by atoms with van der Waals surface area (Å²) >= 11 is 0. The molecule has 0 aromatic carbocycles. The Morgan fingerprint density at radius 1 is 1.40 bits per heavy atom. The fraction of sp³-hybridized carbons (Fsp3) is 0.846. The Hall–Kier alpha value is -0.340. The zero-order valence-corrected chi connectivity index (χ0v) is 10.1. The third kappa shape index (κ3) is 4.80. The summed E-state index contributed by atoms with van der Waals surface area (Å²) in [6, 6.07) is 0.473. The van der Waals surface area contributed by atoms with Gasteiger partial charge in [0.05, 0.1) is 0 Å². The molecule has 15 heavy (non-hydrogen) atoms. The molecule has 2 nitrogen and oxygen atoms in total. The van der Waals surface area contributed by atoms with Gasteiger partial charge in [-0.15, -0.1) is 0 Å². The standard InChI is InChI=1S/C13H25NO/c1-11(2)13(8-9-15)14-10-12-6-4-3-5-7-12/h3-4,11-15H,5-10H2,1-2H3. The molecule has 0 radical (unpaired) electrons. The lowest BCUT2D eigenvalue weighted by Gasteiger charge is -2.25. The van der Waals surface area contributed by atoms with E-state index in [2.05, 4.69) is 31.3 Å². The molecule has 0 saturated heterocycles. The molecule has 0 aliphatic heterocycles. The van der Waals surface area contributed by atoms with E-state index in [4.69, 9.17) is 5.11 Å². The molecule has 1 aliphatic rings. The van der Waals surface area contributed by atoms with Crippen molar-refractivity contribution < 1.29 is 5.11 Å². The topological polar surface area (TPSA) is 32.3 Å². The summed E-state index contributed by atoms with van der Waals surface area (Å²) in [7, 11) is 0. The van der Waals surface area contributed by atoms with Crippen molar-refractivity contribution in [2.24, 2.45) is 11.8 Å². The van der Waals surface area contributed by atoms with Gasteiger partial charge in [0.2, 0.25) is 0 Å². The SMILES string of the molecule is CC(C)C(CCO)NCC1CC=CCC1. The van der Waals surface area contributed by atoms with Crippen LogP contribution in [0.3, 0.4) is 0 Å².